The molecule has 2 rings (SSSR count). The Hall–Kier alpha value is -2.96. The van der Waals surface area contributed by atoms with Gasteiger partial charge in [-0.3, -0.25) is 14.4 Å². The lowest BCUT2D eigenvalue weighted by Crippen LogP contribution is -2.31. The molecule has 1 heterocycles. The highest BCUT2D eigenvalue weighted by Crippen LogP contribution is 2.14. The minimum atomic E-state index is -0.970. The summed E-state index contributed by atoms with van der Waals surface area (Å²) < 4.78 is 6.79. The summed E-state index contributed by atoms with van der Waals surface area (Å²) in [5.41, 5.74) is 1.62. The number of rotatable bonds is 8. The molecule has 1 atom stereocenters. The van der Waals surface area contributed by atoms with Crippen LogP contribution in [0.3, 0.4) is 0 Å². The van der Waals surface area contributed by atoms with Crippen LogP contribution in [-0.2, 0) is 14.3 Å². The number of Topliss-reactive ketones (excluding diaryl/α,β-unsaturated/α-hetero) is 1. The number of anilines is 1. The van der Waals surface area contributed by atoms with Crippen molar-refractivity contribution in [2.24, 2.45) is 0 Å². The topological polar surface area (TPSA) is 90.3 Å². The van der Waals surface area contributed by atoms with Crippen molar-refractivity contribution in [2.75, 3.05) is 5.32 Å². The summed E-state index contributed by atoms with van der Waals surface area (Å²) >= 11 is 0. The van der Waals surface area contributed by atoms with Gasteiger partial charge in [-0.1, -0.05) is 29.8 Å². The van der Waals surface area contributed by atoms with Crippen molar-refractivity contribution in [1.29, 1.82) is 0 Å². The molecule has 0 spiro atoms. The number of benzene rings is 1. The number of carbonyl (C=O) groups excluding carboxylic acids is 3. The summed E-state index contributed by atoms with van der Waals surface area (Å²) in [6.45, 7) is 7.31. The largest absolute Gasteiger partial charge is 0.453 e. The third-order valence-corrected chi connectivity index (χ3v) is 4.02. The lowest BCUT2D eigenvalue weighted by Gasteiger charge is -2.15. The summed E-state index contributed by atoms with van der Waals surface area (Å²) in [5, 5.41) is 6.82. The number of aromatic nitrogens is 2. The van der Waals surface area contributed by atoms with E-state index in [1.54, 1.807) is 29.1 Å². The predicted octanol–water partition coefficient (Wildman–Crippen LogP) is 3.31. The van der Waals surface area contributed by atoms with Gasteiger partial charge >= 0.3 is 5.97 Å². The molecule has 7 heteroatoms. The van der Waals surface area contributed by atoms with Gasteiger partial charge < -0.3 is 10.1 Å². The highest BCUT2D eigenvalue weighted by atomic mass is 16.5. The summed E-state index contributed by atoms with van der Waals surface area (Å²) in [4.78, 5) is 36.3. The van der Waals surface area contributed by atoms with Crippen LogP contribution in [0.1, 0.15) is 55.6 Å². The number of nitrogens with one attached hydrogen (secondary N) is 1. The number of amides is 1. The van der Waals surface area contributed by atoms with Crippen LogP contribution in [0, 0.1) is 6.92 Å². The number of hydrogen-bond donors (Lipinski definition) is 1. The van der Waals surface area contributed by atoms with Gasteiger partial charge in [0.2, 0.25) is 0 Å². The SMILES string of the molecule is Cc1ccc(C(=O)CCC(=O)O[C@H](C)C(=O)Nc2ccnn2C(C)C)cc1. The van der Waals surface area contributed by atoms with Crippen molar-refractivity contribution in [3.05, 3.63) is 47.7 Å². The van der Waals surface area contributed by atoms with Crippen LogP contribution in [-0.4, -0.2) is 33.5 Å². The van der Waals surface area contributed by atoms with Crippen molar-refractivity contribution in [3.8, 4) is 0 Å². The first-order valence-corrected chi connectivity index (χ1v) is 8.91. The molecule has 0 saturated heterocycles. The van der Waals surface area contributed by atoms with Crippen molar-refractivity contribution in [1.82, 2.24) is 9.78 Å². The van der Waals surface area contributed by atoms with E-state index in [4.69, 9.17) is 4.74 Å². The van der Waals surface area contributed by atoms with E-state index in [0.717, 1.165) is 5.56 Å². The van der Waals surface area contributed by atoms with Crippen LogP contribution < -0.4 is 5.32 Å². The zero-order valence-electron chi connectivity index (χ0n) is 16.1. The second-order valence-corrected chi connectivity index (χ2v) is 6.67. The third kappa shape index (κ3) is 5.77. The van der Waals surface area contributed by atoms with Gasteiger partial charge in [0.25, 0.3) is 5.91 Å². The van der Waals surface area contributed by atoms with E-state index in [0.29, 0.717) is 11.4 Å². The molecule has 2 aromatic rings. The number of ether oxygens (including phenoxy) is 1. The highest BCUT2D eigenvalue weighted by Gasteiger charge is 2.20. The smallest absolute Gasteiger partial charge is 0.307 e. The number of carbonyl (C=O) groups is 3. The molecule has 0 unspecified atom stereocenters. The Morgan fingerprint density at radius 1 is 1.07 bits per heavy atom. The molecule has 1 amide bonds. The molecular weight excluding hydrogens is 346 g/mol. The first-order chi connectivity index (χ1) is 12.8. The summed E-state index contributed by atoms with van der Waals surface area (Å²) in [6, 6.07) is 8.92. The Morgan fingerprint density at radius 3 is 2.37 bits per heavy atom. The lowest BCUT2D eigenvalue weighted by atomic mass is 10.1. The van der Waals surface area contributed by atoms with Gasteiger partial charge in [0.15, 0.2) is 11.9 Å². The standard InChI is InChI=1S/C20H25N3O4/c1-13(2)23-18(11-12-21-23)22-20(26)15(4)27-19(25)10-9-17(24)16-7-5-14(3)6-8-16/h5-8,11-13,15H,9-10H2,1-4H3,(H,22,26)/t15-/m1/s1. The zero-order valence-corrected chi connectivity index (χ0v) is 16.1. The van der Waals surface area contributed by atoms with Crippen LogP contribution >= 0.6 is 0 Å². The monoisotopic (exact) mass is 371 g/mol. The number of aryl methyl sites for hydroxylation is 1. The maximum atomic E-state index is 12.2. The normalized spacial score (nSPS) is 11.9. The number of ketones is 1. The van der Waals surface area contributed by atoms with Crippen LogP contribution in [0.4, 0.5) is 5.82 Å². The van der Waals surface area contributed by atoms with Crippen LogP contribution in [0.15, 0.2) is 36.5 Å². The molecule has 0 bridgehead atoms. The minimum absolute atomic E-state index is 0.0380. The molecule has 0 aliphatic heterocycles. The van der Waals surface area contributed by atoms with Crippen molar-refractivity contribution in [2.45, 2.75) is 52.7 Å². The molecule has 1 N–H and O–H groups in total. The van der Waals surface area contributed by atoms with Crippen molar-refractivity contribution >= 4 is 23.5 Å². The molecule has 0 fully saturated rings. The molecule has 7 nitrogen and oxygen atoms in total. The molecule has 27 heavy (non-hydrogen) atoms. The van der Waals surface area contributed by atoms with E-state index in [1.165, 1.54) is 6.92 Å². The molecule has 0 saturated carbocycles. The average Bonchev–Trinajstić information content (AvgIpc) is 3.08. The van der Waals surface area contributed by atoms with Gasteiger partial charge in [-0.25, -0.2) is 4.68 Å². The molecule has 144 valence electrons. The van der Waals surface area contributed by atoms with E-state index in [2.05, 4.69) is 10.4 Å². The maximum absolute atomic E-state index is 12.2. The van der Waals surface area contributed by atoms with Crippen molar-refractivity contribution < 1.29 is 19.1 Å². The summed E-state index contributed by atoms with van der Waals surface area (Å²) in [5.74, 6) is -0.636. The molecular formula is C20H25N3O4. The van der Waals surface area contributed by atoms with Gasteiger partial charge in [0, 0.05) is 24.1 Å². The van der Waals surface area contributed by atoms with Gasteiger partial charge in [0.1, 0.15) is 5.82 Å². The fraction of sp³-hybridized carbons (Fsp3) is 0.400. The molecule has 1 aromatic carbocycles. The zero-order chi connectivity index (χ0) is 20.0. The second kappa shape index (κ2) is 9.12. The summed E-state index contributed by atoms with van der Waals surface area (Å²) in [6.07, 6.45) is 0.579. The Balaban J connectivity index is 1.82. The van der Waals surface area contributed by atoms with Crippen molar-refractivity contribution in [3.63, 3.8) is 0 Å². The third-order valence-electron chi connectivity index (χ3n) is 4.02. The van der Waals surface area contributed by atoms with Gasteiger partial charge in [-0.15, -0.1) is 0 Å². The first kappa shape index (κ1) is 20.4. The fourth-order valence-electron chi connectivity index (χ4n) is 2.46. The van der Waals surface area contributed by atoms with E-state index < -0.39 is 18.0 Å². The molecule has 1 aromatic heterocycles. The van der Waals surface area contributed by atoms with Gasteiger partial charge in [-0.05, 0) is 27.7 Å². The van der Waals surface area contributed by atoms with E-state index in [1.807, 2.05) is 32.9 Å². The number of esters is 1. The molecule has 0 aliphatic rings. The van der Waals surface area contributed by atoms with Crippen LogP contribution in [0.5, 0.6) is 0 Å². The second-order valence-electron chi connectivity index (χ2n) is 6.67. The molecule has 0 aliphatic carbocycles. The lowest BCUT2D eigenvalue weighted by molar-refractivity contribution is -0.153. The Kier molecular flexibility index (Phi) is 6.87. The quantitative estimate of drug-likeness (QED) is 0.568. The van der Waals surface area contributed by atoms with E-state index in [9.17, 15) is 14.4 Å². The summed E-state index contributed by atoms with van der Waals surface area (Å²) in [7, 11) is 0. The molecule has 0 radical (unpaired) electrons. The number of hydrogen-bond acceptors (Lipinski definition) is 5. The van der Waals surface area contributed by atoms with Gasteiger partial charge in [0.05, 0.1) is 12.6 Å². The predicted molar refractivity (Wildman–Crippen MR) is 102 cm³/mol. The van der Waals surface area contributed by atoms with E-state index in [-0.39, 0.29) is 24.7 Å². The number of nitrogens with zero attached hydrogens (tertiary/aromatic N) is 2. The Labute approximate surface area is 158 Å². The highest BCUT2D eigenvalue weighted by molar-refractivity contribution is 5.98. The van der Waals surface area contributed by atoms with Crippen LogP contribution in [0.2, 0.25) is 0 Å². The first-order valence-electron chi connectivity index (χ1n) is 8.91. The van der Waals surface area contributed by atoms with Crippen LogP contribution in [0.25, 0.3) is 0 Å². The maximum Gasteiger partial charge on any atom is 0.307 e. The van der Waals surface area contributed by atoms with E-state index >= 15 is 0 Å². The average molecular weight is 371 g/mol. The fourth-order valence-corrected chi connectivity index (χ4v) is 2.46. The van der Waals surface area contributed by atoms with Gasteiger partial charge in [-0.2, -0.15) is 5.10 Å². The Bertz CT molecular complexity index is 809. The Morgan fingerprint density at radius 2 is 1.74 bits per heavy atom. The minimum Gasteiger partial charge on any atom is -0.453 e.